The van der Waals surface area contributed by atoms with Gasteiger partial charge in [-0.3, -0.25) is 9.32 Å². The fourth-order valence-corrected chi connectivity index (χ4v) is 3.35. The van der Waals surface area contributed by atoms with Crippen LogP contribution in [-0.2, 0) is 4.79 Å². The van der Waals surface area contributed by atoms with Crippen LogP contribution < -0.4 is 15.6 Å². The SMILES string of the molecule is Cc1ccc(Cl)cc1NC(=O)C(C)Sc1c(=O)o[nH][n+]1-c1ccccc1. The van der Waals surface area contributed by atoms with Crippen LogP contribution in [0.2, 0.25) is 5.02 Å². The lowest BCUT2D eigenvalue weighted by molar-refractivity contribution is -0.704. The standard InChI is InChI=1S/C18H16ClN3O3S/c1-11-8-9-13(19)10-15(11)20-16(23)12(2)26-17-18(24)25-21-22(17)14-6-4-3-5-7-14/h3-10,12H,1-2H3,(H-,20,21,23,24)/p+1. The molecule has 6 nitrogen and oxygen atoms in total. The second-order valence-corrected chi connectivity index (χ2v) is 7.43. The first-order chi connectivity index (χ1) is 12.5. The first-order valence-electron chi connectivity index (χ1n) is 7.88. The molecule has 0 radical (unpaired) electrons. The third-order valence-corrected chi connectivity index (χ3v) is 5.11. The van der Waals surface area contributed by atoms with Crippen LogP contribution in [0.5, 0.6) is 0 Å². The Balaban J connectivity index is 1.79. The van der Waals surface area contributed by atoms with Gasteiger partial charge in [0.15, 0.2) is 0 Å². The van der Waals surface area contributed by atoms with Gasteiger partial charge in [-0.25, -0.2) is 4.79 Å². The number of halogens is 1. The van der Waals surface area contributed by atoms with Crippen LogP contribution in [0.15, 0.2) is 62.9 Å². The van der Waals surface area contributed by atoms with E-state index in [1.54, 1.807) is 19.1 Å². The number of para-hydroxylation sites is 1. The van der Waals surface area contributed by atoms with Crippen molar-refractivity contribution < 1.29 is 14.0 Å². The maximum atomic E-state index is 12.5. The molecular formula is C18H17ClN3O3S+. The molecule has 26 heavy (non-hydrogen) atoms. The van der Waals surface area contributed by atoms with Crippen LogP contribution in [0.25, 0.3) is 5.69 Å². The third-order valence-electron chi connectivity index (χ3n) is 3.74. The summed E-state index contributed by atoms with van der Waals surface area (Å²) in [6.45, 7) is 3.61. The van der Waals surface area contributed by atoms with Crippen molar-refractivity contribution in [3.63, 3.8) is 0 Å². The lowest BCUT2D eigenvalue weighted by Gasteiger charge is -2.11. The number of rotatable bonds is 5. The first-order valence-corrected chi connectivity index (χ1v) is 9.14. The van der Waals surface area contributed by atoms with Gasteiger partial charge in [-0.1, -0.05) is 35.9 Å². The summed E-state index contributed by atoms with van der Waals surface area (Å²) < 4.78 is 6.41. The van der Waals surface area contributed by atoms with E-state index in [-0.39, 0.29) is 5.91 Å². The molecule has 3 aromatic rings. The van der Waals surface area contributed by atoms with Crippen molar-refractivity contribution >= 4 is 35.0 Å². The Bertz CT molecular complexity index is 985. The number of aryl methyl sites for hydroxylation is 1. The molecule has 3 rings (SSSR count). The summed E-state index contributed by atoms with van der Waals surface area (Å²) in [5.74, 6) is -0.236. The molecule has 0 bridgehead atoms. The lowest BCUT2D eigenvalue weighted by atomic mass is 10.2. The Kier molecular flexibility index (Phi) is 5.49. The van der Waals surface area contributed by atoms with E-state index in [2.05, 4.69) is 10.6 Å². The number of anilines is 1. The van der Waals surface area contributed by atoms with Crippen molar-refractivity contribution in [3.05, 3.63) is 69.5 Å². The maximum Gasteiger partial charge on any atom is 0.442 e. The van der Waals surface area contributed by atoms with Gasteiger partial charge in [-0.05, 0) is 53.3 Å². The molecule has 8 heteroatoms. The normalized spacial score (nSPS) is 12.0. The minimum absolute atomic E-state index is 0.236. The molecule has 0 aliphatic rings. The molecule has 0 saturated carbocycles. The fraction of sp³-hybridized carbons (Fsp3) is 0.167. The molecular weight excluding hydrogens is 374 g/mol. The molecule has 1 atom stereocenters. The van der Waals surface area contributed by atoms with Gasteiger partial charge in [0.1, 0.15) is 0 Å². The summed E-state index contributed by atoms with van der Waals surface area (Å²) in [5, 5.41) is 5.71. The summed E-state index contributed by atoms with van der Waals surface area (Å²) in [7, 11) is 0. The Morgan fingerprint density at radius 2 is 2.00 bits per heavy atom. The number of hydrogen-bond donors (Lipinski definition) is 2. The zero-order chi connectivity index (χ0) is 18.7. The van der Waals surface area contributed by atoms with Gasteiger partial charge in [-0.2, -0.15) is 0 Å². The van der Waals surface area contributed by atoms with E-state index in [0.717, 1.165) is 23.0 Å². The summed E-state index contributed by atoms with van der Waals surface area (Å²) >= 11 is 7.10. The number of H-pyrrole nitrogens is 1. The molecule has 134 valence electrons. The molecule has 2 aromatic carbocycles. The van der Waals surface area contributed by atoms with E-state index in [9.17, 15) is 9.59 Å². The molecule has 2 N–H and O–H groups in total. The largest absolute Gasteiger partial charge is 0.442 e. The highest BCUT2D eigenvalue weighted by atomic mass is 35.5. The fourth-order valence-electron chi connectivity index (χ4n) is 2.30. The van der Waals surface area contributed by atoms with Crippen LogP contribution in [0, 0.1) is 6.92 Å². The van der Waals surface area contributed by atoms with Gasteiger partial charge in [0.2, 0.25) is 11.6 Å². The van der Waals surface area contributed by atoms with Crippen molar-refractivity contribution in [1.29, 1.82) is 0 Å². The second-order valence-electron chi connectivity index (χ2n) is 5.67. The number of aromatic amines is 1. The number of carbonyl (C=O) groups excluding carboxylic acids is 1. The zero-order valence-electron chi connectivity index (χ0n) is 14.2. The van der Waals surface area contributed by atoms with Crippen molar-refractivity contribution in [2.24, 2.45) is 0 Å². The number of benzene rings is 2. The van der Waals surface area contributed by atoms with E-state index in [0.29, 0.717) is 15.7 Å². The highest BCUT2D eigenvalue weighted by Crippen LogP contribution is 2.23. The van der Waals surface area contributed by atoms with Crippen molar-refractivity contribution in [3.8, 4) is 5.69 Å². The minimum atomic E-state index is -0.530. The van der Waals surface area contributed by atoms with Crippen molar-refractivity contribution in [1.82, 2.24) is 5.27 Å². The molecule has 1 heterocycles. The van der Waals surface area contributed by atoms with Crippen LogP contribution in [0.4, 0.5) is 5.69 Å². The van der Waals surface area contributed by atoms with Crippen LogP contribution in [-0.4, -0.2) is 16.4 Å². The van der Waals surface area contributed by atoms with Crippen LogP contribution in [0.1, 0.15) is 12.5 Å². The summed E-state index contributed by atoms with van der Waals surface area (Å²) in [6, 6.07) is 14.5. The van der Waals surface area contributed by atoms with E-state index >= 15 is 0 Å². The van der Waals surface area contributed by atoms with Gasteiger partial charge in [-0.15, -0.1) is 0 Å². The van der Waals surface area contributed by atoms with Crippen molar-refractivity contribution in [2.75, 3.05) is 5.32 Å². The Labute approximate surface area is 159 Å². The number of carbonyl (C=O) groups is 1. The zero-order valence-corrected chi connectivity index (χ0v) is 15.7. The minimum Gasteiger partial charge on any atom is -0.325 e. The average Bonchev–Trinajstić information content (AvgIpc) is 2.99. The molecule has 0 saturated heterocycles. The first kappa shape index (κ1) is 18.3. The maximum absolute atomic E-state index is 12.5. The van der Waals surface area contributed by atoms with Crippen LogP contribution >= 0.6 is 23.4 Å². The molecule has 1 amide bonds. The predicted octanol–water partition coefficient (Wildman–Crippen LogP) is 3.33. The quantitative estimate of drug-likeness (QED) is 0.517. The summed E-state index contributed by atoms with van der Waals surface area (Å²) in [6.07, 6.45) is 0. The number of aromatic nitrogens is 2. The molecule has 0 fully saturated rings. The molecule has 1 unspecified atom stereocenters. The number of nitrogens with one attached hydrogen (secondary N) is 2. The molecule has 0 aliphatic heterocycles. The van der Waals surface area contributed by atoms with E-state index in [1.807, 2.05) is 43.3 Å². The van der Waals surface area contributed by atoms with Crippen LogP contribution in [0.3, 0.4) is 0 Å². The molecule has 0 spiro atoms. The smallest absolute Gasteiger partial charge is 0.325 e. The van der Waals surface area contributed by atoms with E-state index in [4.69, 9.17) is 16.1 Å². The summed E-state index contributed by atoms with van der Waals surface area (Å²) in [4.78, 5) is 24.6. The molecule has 1 aromatic heterocycles. The van der Waals surface area contributed by atoms with Gasteiger partial charge in [0.25, 0.3) is 0 Å². The Morgan fingerprint density at radius 3 is 2.73 bits per heavy atom. The number of amides is 1. The highest BCUT2D eigenvalue weighted by Gasteiger charge is 2.29. The lowest BCUT2D eigenvalue weighted by Crippen LogP contribution is -2.37. The Hall–Kier alpha value is -2.51. The second kappa shape index (κ2) is 7.80. The number of hydrogen-bond acceptors (Lipinski definition) is 4. The third kappa shape index (κ3) is 4.00. The van der Waals surface area contributed by atoms with E-state index < -0.39 is 10.9 Å². The number of nitrogens with zero attached hydrogens (tertiary/aromatic N) is 1. The Morgan fingerprint density at radius 1 is 1.27 bits per heavy atom. The number of thioether (sulfide) groups is 1. The molecule has 0 aliphatic carbocycles. The van der Waals surface area contributed by atoms with Gasteiger partial charge in [0, 0.05) is 22.8 Å². The van der Waals surface area contributed by atoms with Gasteiger partial charge in [0.05, 0.1) is 5.25 Å². The van der Waals surface area contributed by atoms with Crippen molar-refractivity contribution in [2.45, 2.75) is 24.1 Å². The van der Waals surface area contributed by atoms with E-state index in [1.165, 1.54) is 4.68 Å². The highest BCUT2D eigenvalue weighted by molar-refractivity contribution is 8.00. The monoisotopic (exact) mass is 390 g/mol. The predicted molar refractivity (Wildman–Crippen MR) is 101 cm³/mol. The topological polar surface area (TPSA) is 79.0 Å². The van der Waals surface area contributed by atoms with Gasteiger partial charge >= 0.3 is 10.7 Å². The van der Waals surface area contributed by atoms with Gasteiger partial charge < -0.3 is 5.32 Å². The average molecular weight is 391 g/mol. The summed E-state index contributed by atoms with van der Waals surface area (Å²) in [5.41, 5.74) is 1.75.